The third-order valence-electron chi connectivity index (χ3n) is 3.45. The molecule has 1 aliphatic heterocycles. The van der Waals surface area contributed by atoms with Gasteiger partial charge in [0.1, 0.15) is 0 Å². The van der Waals surface area contributed by atoms with Crippen LogP contribution in [-0.4, -0.2) is 59.6 Å². The van der Waals surface area contributed by atoms with Crippen molar-refractivity contribution in [3.05, 3.63) is 0 Å². The van der Waals surface area contributed by atoms with Crippen molar-refractivity contribution in [1.82, 2.24) is 9.80 Å². The van der Waals surface area contributed by atoms with E-state index in [1.54, 1.807) is 13.8 Å². The minimum Gasteiger partial charge on any atom is -0.481 e. The van der Waals surface area contributed by atoms with Crippen molar-refractivity contribution < 1.29 is 9.90 Å². The van der Waals surface area contributed by atoms with E-state index in [0.717, 1.165) is 26.2 Å². The molecule has 16 heavy (non-hydrogen) atoms. The molecule has 0 bridgehead atoms. The summed E-state index contributed by atoms with van der Waals surface area (Å²) in [7, 11) is 0. The highest BCUT2D eigenvalue weighted by Gasteiger charge is 2.32. The normalized spacial score (nSPS) is 24.6. The maximum Gasteiger partial charge on any atom is 0.310 e. The summed E-state index contributed by atoms with van der Waals surface area (Å²) < 4.78 is 0. The monoisotopic (exact) mass is 228 g/mol. The van der Waals surface area contributed by atoms with Crippen molar-refractivity contribution in [2.75, 3.05) is 32.7 Å². The first-order chi connectivity index (χ1) is 7.36. The van der Waals surface area contributed by atoms with E-state index in [1.165, 1.54) is 0 Å². The topological polar surface area (TPSA) is 43.8 Å². The predicted molar refractivity (Wildman–Crippen MR) is 64.6 cm³/mol. The van der Waals surface area contributed by atoms with Gasteiger partial charge in [0.15, 0.2) is 0 Å². The van der Waals surface area contributed by atoms with Gasteiger partial charge in [-0.1, -0.05) is 6.92 Å². The highest BCUT2D eigenvalue weighted by molar-refractivity contribution is 5.73. The van der Waals surface area contributed by atoms with Gasteiger partial charge in [0.2, 0.25) is 0 Å². The van der Waals surface area contributed by atoms with Crippen molar-refractivity contribution in [3.8, 4) is 0 Å². The summed E-state index contributed by atoms with van der Waals surface area (Å²) in [6.07, 6.45) is 0. The number of carbonyl (C=O) groups is 1. The van der Waals surface area contributed by atoms with Crippen LogP contribution < -0.4 is 0 Å². The van der Waals surface area contributed by atoms with Gasteiger partial charge in [0, 0.05) is 32.2 Å². The molecule has 1 heterocycles. The molecular formula is C12H24N2O2. The maximum atomic E-state index is 11.1. The average molecular weight is 228 g/mol. The van der Waals surface area contributed by atoms with E-state index >= 15 is 0 Å². The molecule has 1 unspecified atom stereocenters. The summed E-state index contributed by atoms with van der Waals surface area (Å²) in [5.41, 5.74) is -0.645. The summed E-state index contributed by atoms with van der Waals surface area (Å²) in [5.74, 6) is -0.710. The Balaban J connectivity index is 2.50. The zero-order chi connectivity index (χ0) is 12.3. The fourth-order valence-corrected chi connectivity index (χ4v) is 2.31. The van der Waals surface area contributed by atoms with Gasteiger partial charge in [-0.25, -0.2) is 0 Å². The second-order valence-electron chi connectivity index (χ2n) is 5.40. The summed E-state index contributed by atoms with van der Waals surface area (Å²) >= 11 is 0. The molecule has 1 saturated heterocycles. The van der Waals surface area contributed by atoms with Crippen LogP contribution in [0.4, 0.5) is 0 Å². The lowest BCUT2D eigenvalue weighted by molar-refractivity contribution is -0.148. The first-order valence-corrected chi connectivity index (χ1v) is 6.06. The van der Waals surface area contributed by atoms with Crippen LogP contribution in [-0.2, 0) is 4.79 Å². The van der Waals surface area contributed by atoms with Crippen LogP contribution in [0.3, 0.4) is 0 Å². The first kappa shape index (κ1) is 13.5. The third kappa shape index (κ3) is 3.19. The lowest BCUT2D eigenvalue weighted by Crippen LogP contribution is -2.54. The standard InChI is InChI=1S/C12H24N2O2/c1-5-14-7-6-13(8-10(14)2)9-12(3,4)11(15)16/h10H,5-9H2,1-4H3,(H,15,16). The molecule has 0 saturated carbocycles. The molecule has 0 aromatic rings. The Morgan fingerprint density at radius 1 is 1.44 bits per heavy atom. The Hall–Kier alpha value is -0.610. The zero-order valence-electron chi connectivity index (χ0n) is 10.9. The molecular weight excluding hydrogens is 204 g/mol. The Morgan fingerprint density at radius 2 is 2.06 bits per heavy atom. The van der Waals surface area contributed by atoms with E-state index in [2.05, 4.69) is 23.6 Å². The van der Waals surface area contributed by atoms with E-state index in [1.807, 2.05) is 0 Å². The SMILES string of the molecule is CCN1CCN(CC(C)(C)C(=O)O)CC1C. The van der Waals surface area contributed by atoms with E-state index in [-0.39, 0.29) is 0 Å². The summed E-state index contributed by atoms with van der Waals surface area (Å²) in [5, 5.41) is 9.10. The second kappa shape index (κ2) is 5.15. The smallest absolute Gasteiger partial charge is 0.310 e. The van der Waals surface area contributed by atoms with Crippen molar-refractivity contribution >= 4 is 5.97 Å². The van der Waals surface area contributed by atoms with Gasteiger partial charge in [-0.05, 0) is 27.3 Å². The number of aliphatic carboxylic acids is 1. The highest BCUT2D eigenvalue weighted by Crippen LogP contribution is 2.19. The summed E-state index contributed by atoms with van der Waals surface area (Å²) in [4.78, 5) is 15.8. The minimum absolute atomic E-state index is 0.531. The molecule has 1 aliphatic rings. The van der Waals surface area contributed by atoms with Gasteiger partial charge in [-0.2, -0.15) is 0 Å². The van der Waals surface area contributed by atoms with Crippen molar-refractivity contribution in [2.45, 2.75) is 33.7 Å². The molecule has 0 aromatic heterocycles. The van der Waals surface area contributed by atoms with Crippen LogP contribution in [0.1, 0.15) is 27.7 Å². The number of nitrogens with zero attached hydrogens (tertiary/aromatic N) is 2. The molecule has 1 rings (SSSR count). The fraction of sp³-hybridized carbons (Fsp3) is 0.917. The van der Waals surface area contributed by atoms with Gasteiger partial charge >= 0.3 is 5.97 Å². The number of hydrogen-bond donors (Lipinski definition) is 1. The number of hydrogen-bond acceptors (Lipinski definition) is 3. The molecule has 4 heteroatoms. The first-order valence-electron chi connectivity index (χ1n) is 6.06. The van der Waals surface area contributed by atoms with Gasteiger partial charge in [-0.15, -0.1) is 0 Å². The second-order valence-corrected chi connectivity index (χ2v) is 5.40. The Labute approximate surface area is 98.2 Å². The Bertz CT molecular complexity index is 253. The van der Waals surface area contributed by atoms with Crippen LogP contribution in [0.5, 0.6) is 0 Å². The van der Waals surface area contributed by atoms with Gasteiger partial charge in [0.05, 0.1) is 5.41 Å². The quantitative estimate of drug-likeness (QED) is 0.783. The van der Waals surface area contributed by atoms with Crippen LogP contribution in [0.2, 0.25) is 0 Å². The van der Waals surface area contributed by atoms with E-state index < -0.39 is 11.4 Å². The molecule has 94 valence electrons. The molecule has 0 spiro atoms. The zero-order valence-corrected chi connectivity index (χ0v) is 10.9. The van der Waals surface area contributed by atoms with E-state index in [4.69, 9.17) is 5.11 Å². The number of carboxylic acids is 1. The fourth-order valence-electron chi connectivity index (χ4n) is 2.31. The van der Waals surface area contributed by atoms with Crippen LogP contribution >= 0.6 is 0 Å². The van der Waals surface area contributed by atoms with Crippen molar-refractivity contribution in [3.63, 3.8) is 0 Å². The van der Waals surface area contributed by atoms with E-state index in [9.17, 15) is 4.79 Å². The van der Waals surface area contributed by atoms with Gasteiger partial charge in [0.25, 0.3) is 0 Å². The predicted octanol–water partition coefficient (Wildman–Crippen LogP) is 1.12. The largest absolute Gasteiger partial charge is 0.481 e. The molecule has 0 aromatic carbocycles. The lowest BCUT2D eigenvalue weighted by atomic mass is 9.92. The highest BCUT2D eigenvalue weighted by atomic mass is 16.4. The van der Waals surface area contributed by atoms with Crippen LogP contribution in [0.15, 0.2) is 0 Å². The number of likely N-dealkylation sites (N-methyl/N-ethyl adjacent to an activating group) is 1. The number of rotatable bonds is 4. The Morgan fingerprint density at radius 3 is 2.50 bits per heavy atom. The molecule has 0 aliphatic carbocycles. The molecule has 1 atom stereocenters. The lowest BCUT2D eigenvalue weighted by Gasteiger charge is -2.41. The molecule has 1 fully saturated rings. The van der Waals surface area contributed by atoms with Gasteiger partial charge < -0.3 is 5.11 Å². The molecule has 4 nitrogen and oxygen atoms in total. The van der Waals surface area contributed by atoms with Gasteiger partial charge in [-0.3, -0.25) is 14.6 Å². The maximum absolute atomic E-state index is 11.1. The average Bonchev–Trinajstić information content (AvgIpc) is 2.17. The minimum atomic E-state index is -0.710. The Kier molecular flexibility index (Phi) is 4.33. The van der Waals surface area contributed by atoms with Crippen LogP contribution in [0.25, 0.3) is 0 Å². The van der Waals surface area contributed by atoms with Crippen LogP contribution in [0, 0.1) is 5.41 Å². The van der Waals surface area contributed by atoms with Crippen molar-refractivity contribution in [2.24, 2.45) is 5.41 Å². The number of carboxylic acid groups (broad SMARTS) is 1. The third-order valence-corrected chi connectivity index (χ3v) is 3.45. The summed E-state index contributed by atoms with van der Waals surface area (Å²) in [6.45, 7) is 12.7. The molecule has 0 amide bonds. The molecule has 1 N–H and O–H groups in total. The molecule has 0 radical (unpaired) electrons. The van der Waals surface area contributed by atoms with E-state index in [0.29, 0.717) is 12.6 Å². The number of piperazine rings is 1. The van der Waals surface area contributed by atoms with Crippen molar-refractivity contribution in [1.29, 1.82) is 0 Å². The summed E-state index contributed by atoms with van der Waals surface area (Å²) in [6, 6.07) is 0.531.